The van der Waals surface area contributed by atoms with Crippen molar-refractivity contribution in [2.24, 2.45) is 0 Å². The third-order valence-electron chi connectivity index (χ3n) is 3.00. The highest BCUT2D eigenvalue weighted by molar-refractivity contribution is 9.10. The molecular formula is C13H10BrFN2S. The van der Waals surface area contributed by atoms with E-state index < -0.39 is 0 Å². The van der Waals surface area contributed by atoms with Crippen LogP contribution in [0.4, 0.5) is 4.39 Å². The molecule has 0 saturated heterocycles. The van der Waals surface area contributed by atoms with Crippen LogP contribution >= 0.6 is 27.3 Å². The molecule has 2 nitrogen and oxygen atoms in total. The normalized spacial score (nSPS) is 11.3. The molecule has 1 aromatic carbocycles. The van der Waals surface area contributed by atoms with Crippen LogP contribution in [0.5, 0.6) is 0 Å². The molecule has 18 heavy (non-hydrogen) atoms. The Kier molecular flexibility index (Phi) is 2.75. The van der Waals surface area contributed by atoms with Gasteiger partial charge in [-0.2, -0.15) is 0 Å². The molecule has 3 aromatic rings. The molecule has 0 bridgehead atoms. The molecule has 0 atom stereocenters. The van der Waals surface area contributed by atoms with E-state index in [-0.39, 0.29) is 5.82 Å². The van der Waals surface area contributed by atoms with E-state index in [0.717, 1.165) is 20.7 Å². The van der Waals surface area contributed by atoms with Crippen LogP contribution in [0.2, 0.25) is 0 Å². The Labute approximate surface area is 116 Å². The van der Waals surface area contributed by atoms with Gasteiger partial charge in [-0.05, 0) is 48.0 Å². The maximum Gasteiger partial charge on any atom is 0.194 e. The molecule has 0 unspecified atom stereocenters. The third-order valence-corrected chi connectivity index (χ3v) is 4.72. The van der Waals surface area contributed by atoms with Crippen molar-refractivity contribution in [1.82, 2.24) is 9.38 Å². The first kappa shape index (κ1) is 11.9. The molecule has 2 aromatic heterocycles. The first-order valence-electron chi connectivity index (χ1n) is 5.47. The molecule has 0 radical (unpaired) electrons. The number of aromatic nitrogens is 2. The van der Waals surface area contributed by atoms with Crippen molar-refractivity contribution in [2.75, 3.05) is 0 Å². The van der Waals surface area contributed by atoms with Crippen LogP contribution < -0.4 is 0 Å². The van der Waals surface area contributed by atoms with Crippen molar-refractivity contribution >= 4 is 32.2 Å². The summed E-state index contributed by atoms with van der Waals surface area (Å²) < 4.78 is 15.9. The molecular weight excluding hydrogens is 315 g/mol. The first-order valence-corrected chi connectivity index (χ1v) is 7.08. The van der Waals surface area contributed by atoms with Gasteiger partial charge in [-0.25, -0.2) is 9.37 Å². The topological polar surface area (TPSA) is 17.3 Å². The zero-order valence-corrected chi connectivity index (χ0v) is 12.3. The molecule has 0 aliphatic carbocycles. The Bertz CT molecular complexity index is 745. The average Bonchev–Trinajstić information content (AvgIpc) is 2.81. The number of hydrogen-bond acceptors (Lipinski definition) is 2. The molecule has 0 fully saturated rings. The summed E-state index contributed by atoms with van der Waals surface area (Å²) in [6.45, 7) is 4.16. The van der Waals surface area contributed by atoms with Gasteiger partial charge in [0.25, 0.3) is 0 Å². The summed E-state index contributed by atoms with van der Waals surface area (Å²) in [4.78, 5) is 6.82. The molecule has 0 saturated carbocycles. The third kappa shape index (κ3) is 1.78. The molecule has 0 aliphatic heterocycles. The van der Waals surface area contributed by atoms with Crippen LogP contribution in [0.3, 0.4) is 0 Å². The van der Waals surface area contributed by atoms with Crippen molar-refractivity contribution in [3.05, 3.63) is 45.3 Å². The van der Waals surface area contributed by atoms with Crippen LogP contribution in [0.1, 0.15) is 10.6 Å². The van der Waals surface area contributed by atoms with Crippen molar-refractivity contribution in [3.63, 3.8) is 0 Å². The molecule has 0 N–H and O–H groups in total. The lowest BCUT2D eigenvalue weighted by Crippen LogP contribution is -1.83. The quantitative estimate of drug-likeness (QED) is 0.640. The lowest BCUT2D eigenvalue weighted by atomic mass is 10.2. The van der Waals surface area contributed by atoms with Gasteiger partial charge in [-0.3, -0.25) is 4.40 Å². The van der Waals surface area contributed by atoms with Gasteiger partial charge in [0.1, 0.15) is 5.82 Å². The lowest BCUT2D eigenvalue weighted by molar-refractivity contribution is 0.627. The van der Waals surface area contributed by atoms with Crippen LogP contribution in [0, 0.1) is 19.7 Å². The SMILES string of the molecule is Cc1sc2nc(-c3ccc(F)cc3Br)cn2c1C. The van der Waals surface area contributed by atoms with E-state index in [1.165, 1.54) is 22.7 Å². The van der Waals surface area contributed by atoms with Gasteiger partial charge in [0, 0.05) is 26.8 Å². The Hall–Kier alpha value is -1.20. The number of benzene rings is 1. The van der Waals surface area contributed by atoms with Crippen molar-refractivity contribution in [1.29, 1.82) is 0 Å². The highest BCUT2D eigenvalue weighted by Crippen LogP contribution is 2.31. The summed E-state index contributed by atoms with van der Waals surface area (Å²) in [7, 11) is 0. The standard InChI is InChI=1S/C13H10BrFN2S/c1-7-8(2)18-13-16-12(6-17(7)13)10-4-3-9(15)5-11(10)14/h3-6H,1-2H3. The summed E-state index contributed by atoms with van der Waals surface area (Å²) in [6, 6.07) is 4.65. The number of nitrogens with zero attached hydrogens (tertiary/aromatic N) is 2. The van der Waals surface area contributed by atoms with Crippen molar-refractivity contribution in [3.8, 4) is 11.3 Å². The van der Waals surface area contributed by atoms with E-state index in [1.807, 2.05) is 6.20 Å². The Morgan fingerprint density at radius 3 is 2.78 bits per heavy atom. The minimum atomic E-state index is -0.251. The number of rotatable bonds is 1. The lowest BCUT2D eigenvalue weighted by Gasteiger charge is -2.00. The van der Waals surface area contributed by atoms with Gasteiger partial charge in [-0.15, -0.1) is 11.3 Å². The Morgan fingerprint density at radius 2 is 2.11 bits per heavy atom. The molecule has 0 spiro atoms. The molecule has 5 heteroatoms. The van der Waals surface area contributed by atoms with E-state index in [4.69, 9.17) is 0 Å². The zero-order valence-electron chi connectivity index (χ0n) is 9.87. The average molecular weight is 325 g/mol. The molecule has 0 aliphatic rings. The first-order chi connectivity index (χ1) is 8.56. The second kappa shape index (κ2) is 4.17. The van der Waals surface area contributed by atoms with Crippen LogP contribution in [-0.4, -0.2) is 9.38 Å². The molecule has 3 rings (SSSR count). The second-order valence-electron chi connectivity index (χ2n) is 4.15. The predicted octanol–water partition coefficient (Wildman–Crippen LogP) is 4.58. The van der Waals surface area contributed by atoms with Gasteiger partial charge >= 0.3 is 0 Å². The summed E-state index contributed by atoms with van der Waals surface area (Å²) in [6.07, 6.45) is 1.99. The molecule has 92 valence electrons. The Balaban J connectivity index is 2.19. The van der Waals surface area contributed by atoms with Gasteiger partial charge in [0.2, 0.25) is 0 Å². The van der Waals surface area contributed by atoms with Crippen molar-refractivity contribution < 1.29 is 4.39 Å². The van der Waals surface area contributed by atoms with E-state index in [2.05, 4.69) is 39.2 Å². The van der Waals surface area contributed by atoms with Gasteiger partial charge < -0.3 is 0 Å². The predicted molar refractivity (Wildman–Crippen MR) is 75.6 cm³/mol. The van der Waals surface area contributed by atoms with E-state index in [9.17, 15) is 4.39 Å². The van der Waals surface area contributed by atoms with Crippen LogP contribution in [-0.2, 0) is 0 Å². The van der Waals surface area contributed by atoms with Gasteiger partial charge in [-0.1, -0.05) is 0 Å². The monoisotopic (exact) mass is 324 g/mol. The summed E-state index contributed by atoms with van der Waals surface area (Å²) >= 11 is 5.04. The number of halogens is 2. The Morgan fingerprint density at radius 1 is 1.33 bits per heavy atom. The van der Waals surface area contributed by atoms with Gasteiger partial charge in [0.15, 0.2) is 4.96 Å². The highest BCUT2D eigenvalue weighted by atomic mass is 79.9. The smallest absolute Gasteiger partial charge is 0.194 e. The minimum absolute atomic E-state index is 0.251. The van der Waals surface area contributed by atoms with E-state index in [0.29, 0.717) is 0 Å². The molecule has 2 heterocycles. The fourth-order valence-corrected chi connectivity index (χ4v) is 3.39. The summed E-state index contributed by atoms with van der Waals surface area (Å²) in [5, 5.41) is 0. The fraction of sp³-hybridized carbons (Fsp3) is 0.154. The van der Waals surface area contributed by atoms with Crippen molar-refractivity contribution in [2.45, 2.75) is 13.8 Å². The molecule has 0 amide bonds. The summed E-state index contributed by atoms with van der Waals surface area (Å²) in [5.74, 6) is -0.251. The number of imidazole rings is 1. The highest BCUT2D eigenvalue weighted by Gasteiger charge is 2.12. The van der Waals surface area contributed by atoms with E-state index >= 15 is 0 Å². The van der Waals surface area contributed by atoms with Crippen LogP contribution in [0.25, 0.3) is 16.2 Å². The fourth-order valence-electron chi connectivity index (χ4n) is 1.88. The summed E-state index contributed by atoms with van der Waals surface area (Å²) in [5.41, 5.74) is 2.97. The maximum absolute atomic E-state index is 13.1. The van der Waals surface area contributed by atoms with E-state index in [1.54, 1.807) is 17.4 Å². The zero-order chi connectivity index (χ0) is 12.9. The maximum atomic E-state index is 13.1. The number of fused-ring (bicyclic) bond motifs is 1. The number of thiazole rings is 1. The largest absolute Gasteiger partial charge is 0.294 e. The number of hydrogen-bond donors (Lipinski definition) is 0. The van der Waals surface area contributed by atoms with Gasteiger partial charge in [0.05, 0.1) is 5.69 Å². The second-order valence-corrected chi connectivity index (χ2v) is 6.18. The minimum Gasteiger partial charge on any atom is -0.294 e. The number of aryl methyl sites for hydroxylation is 2. The van der Waals surface area contributed by atoms with Crippen LogP contribution in [0.15, 0.2) is 28.9 Å².